The molecule has 29 heavy (non-hydrogen) atoms. The lowest BCUT2D eigenvalue weighted by Gasteiger charge is -2.13. The molecule has 1 aromatic heterocycles. The molecule has 0 aliphatic heterocycles. The van der Waals surface area contributed by atoms with E-state index in [0.29, 0.717) is 17.3 Å². The second-order valence-corrected chi connectivity index (χ2v) is 6.99. The first-order valence-electron chi connectivity index (χ1n) is 9.83. The third-order valence-electron chi connectivity index (χ3n) is 4.78. The molecule has 7 heteroatoms. The lowest BCUT2D eigenvalue weighted by atomic mass is 9.97. The smallest absolute Gasteiger partial charge is 0.339 e. The summed E-state index contributed by atoms with van der Waals surface area (Å²) < 4.78 is 4.77. The van der Waals surface area contributed by atoms with Gasteiger partial charge in [-0.05, 0) is 57.2 Å². The van der Waals surface area contributed by atoms with E-state index >= 15 is 0 Å². The summed E-state index contributed by atoms with van der Waals surface area (Å²) in [5.74, 6) is -0.503. The highest BCUT2D eigenvalue weighted by molar-refractivity contribution is 6.07. The number of rotatable bonds is 7. The van der Waals surface area contributed by atoms with Crippen LogP contribution in [0.1, 0.15) is 58.6 Å². The number of methoxy groups -OCH3 is 1. The highest BCUT2D eigenvalue weighted by atomic mass is 16.5. The number of para-hydroxylation sites is 1. The van der Waals surface area contributed by atoms with Crippen LogP contribution < -0.4 is 10.6 Å². The molecule has 1 aromatic carbocycles. The molecule has 7 nitrogen and oxygen atoms in total. The summed E-state index contributed by atoms with van der Waals surface area (Å²) in [6.07, 6.45) is 8.11. The number of benzene rings is 1. The van der Waals surface area contributed by atoms with Crippen molar-refractivity contribution in [2.75, 3.05) is 24.3 Å². The number of nitrogens with one attached hydrogen (secondary N) is 2. The Hall–Kier alpha value is -3.22. The molecule has 1 aliphatic carbocycles. The van der Waals surface area contributed by atoms with E-state index in [1.54, 1.807) is 30.3 Å². The molecule has 1 heterocycles. The van der Waals surface area contributed by atoms with Gasteiger partial charge in [0.25, 0.3) is 5.91 Å². The number of aromatic nitrogens is 2. The monoisotopic (exact) mass is 394 g/mol. The number of nitrogens with zero attached hydrogens (tertiary/aromatic N) is 2. The lowest BCUT2D eigenvalue weighted by Crippen LogP contribution is -2.18. The predicted molar refractivity (Wildman–Crippen MR) is 112 cm³/mol. The fourth-order valence-corrected chi connectivity index (χ4v) is 3.30. The van der Waals surface area contributed by atoms with Crippen LogP contribution in [0.3, 0.4) is 0 Å². The SMILES string of the molecule is COC(=O)c1ccccc1NC(=O)c1cc(C)nc(NCCC2=CCCCC2)n1. The van der Waals surface area contributed by atoms with E-state index < -0.39 is 11.9 Å². The Morgan fingerprint density at radius 2 is 2.00 bits per heavy atom. The van der Waals surface area contributed by atoms with Crippen LogP contribution in [0, 0.1) is 6.92 Å². The maximum absolute atomic E-state index is 12.7. The fourth-order valence-electron chi connectivity index (χ4n) is 3.30. The maximum Gasteiger partial charge on any atom is 0.339 e. The van der Waals surface area contributed by atoms with Gasteiger partial charge >= 0.3 is 5.97 Å². The van der Waals surface area contributed by atoms with Gasteiger partial charge in [0.15, 0.2) is 0 Å². The molecule has 2 N–H and O–H groups in total. The summed E-state index contributed by atoms with van der Waals surface area (Å²) in [6.45, 7) is 2.54. The number of esters is 1. The summed E-state index contributed by atoms with van der Waals surface area (Å²) in [7, 11) is 1.30. The Kier molecular flexibility index (Phi) is 6.94. The largest absolute Gasteiger partial charge is 0.465 e. The van der Waals surface area contributed by atoms with Gasteiger partial charge in [-0.2, -0.15) is 0 Å². The van der Waals surface area contributed by atoms with E-state index in [-0.39, 0.29) is 11.3 Å². The highest BCUT2D eigenvalue weighted by Gasteiger charge is 2.16. The Bertz CT molecular complexity index is 924. The summed E-state index contributed by atoms with van der Waals surface area (Å²) in [4.78, 5) is 33.3. The predicted octanol–water partition coefficient (Wildman–Crippen LogP) is 4.13. The number of anilines is 2. The minimum Gasteiger partial charge on any atom is -0.465 e. The molecule has 1 aliphatic rings. The quantitative estimate of drug-likeness (QED) is 0.542. The first kappa shape index (κ1) is 20.5. The number of carbonyl (C=O) groups excluding carboxylic acids is 2. The first-order chi connectivity index (χ1) is 14.1. The highest BCUT2D eigenvalue weighted by Crippen LogP contribution is 2.20. The molecule has 0 saturated carbocycles. The van der Waals surface area contributed by atoms with Crippen molar-refractivity contribution >= 4 is 23.5 Å². The second kappa shape index (κ2) is 9.82. The van der Waals surface area contributed by atoms with Gasteiger partial charge in [-0.1, -0.05) is 23.8 Å². The first-order valence-corrected chi connectivity index (χ1v) is 9.83. The minimum atomic E-state index is -0.515. The van der Waals surface area contributed by atoms with Crippen molar-refractivity contribution < 1.29 is 14.3 Å². The molecule has 0 bridgehead atoms. The van der Waals surface area contributed by atoms with E-state index in [1.807, 2.05) is 6.92 Å². The Morgan fingerprint density at radius 3 is 2.76 bits per heavy atom. The van der Waals surface area contributed by atoms with Crippen LogP contribution in [0.4, 0.5) is 11.6 Å². The van der Waals surface area contributed by atoms with Crippen molar-refractivity contribution in [3.05, 3.63) is 58.9 Å². The van der Waals surface area contributed by atoms with E-state index in [4.69, 9.17) is 4.74 Å². The molecule has 3 rings (SSSR count). The second-order valence-electron chi connectivity index (χ2n) is 6.99. The zero-order valence-electron chi connectivity index (χ0n) is 16.8. The normalized spacial score (nSPS) is 13.4. The molecule has 2 aromatic rings. The maximum atomic E-state index is 12.7. The van der Waals surface area contributed by atoms with Gasteiger partial charge in [0, 0.05) is 12.2 Å². The topological polar surface area (TPSA) is 93.2 Å². The number of hydrogen-bond acceptors (Lipinski definition) is 6. The summed E-state index contributed by atoms with van der Waals surface area (Å²) in [5, 5.41) is 5.95. The molecule has 152 valence electrons. The van der Waals surface area contributed by atoms with Crippen molar-refractivity contribution in [1.29, 1.82) is 0 Å². The van der Waals surface area contributed by atoms with Crippen LogP contribution in [0.2, 0.25) is 0 Å². The molecule has 0 radical (unpaired) electrons. The zero-order chi connectivity index (χ0) is 20.6. The van der Waals surface area contributed by atoms with Crippen molar-refractivity contribution in [1.82, 2.24) is 9.97 Å². The molecule has 0 fully saturated rings. The number of hydrogen-bond donors (Lipinski definition) is 2. The fraction of sp³-hybridized carbons (Fsp3) is 0.364. The molecule has 0 atom stereocenters. The van der Waals surface area contributed by atoms with Crippen LogP contribution in [0.15, 0.2) is 42.0 Å². The van der Waals surface area contributed by atoms with Crippen molar-refractivity contribution in [3.63, 3.8) is 0 Å². The van der Waals surface area contributed by atoms with Gasteiger partial charge in [-0.15, -0.1) is 0 Å². The van der Waals surface area contributed by atoms with E-state index in [2.05, 4.69) is 26.7 Å². The van der Waals surface area contributed by atoms with Crippen LogP contribution >= 0.6 is 0 Å². The summed E-state index contributed by atoms with van der Waals surface area (Å²) >= 11 is 0. The van der Waals surface area contributed by atoms with E-state index in [9.17, 15) is 9.59 Å². The third kappa shape index (κ3) is 5.63. The van der Waals surface area contributed by atoms with Gasteiger partial charge in [0.2, 0.25) is 5.95 Å². The standard InChI is InChI=1S/C22H26N4O3/c1-15-14-19(20(27)25-18-11-7-6-10-17(18)21(28)29-2)26-22(24-15)23-13-12-16-8-4-3-5-9-16/h6-8,10-11,14H,3-5,9,12-13H2,1-2H3,(H,25,27)(H,23,24,26). The summed E-state index contributed by atoms with van der Waals surface area (Å²) in [5.41, 5.74) is 3.05. The van der Waals surface area contributed by atoms with Gasteiger partial charge in [-0.25, -0.2) is 14.8 Å². The number of carbonyl (C=O) groups is 2. The Morgan fingerprint density at radius 1 is 1.17 bits per heavy atom. The number of amides is 1. The van der Waals surface area contributed by atoms with Crippen molar-refractivity contribution in [2.45, 2.75) is 39.0 Å². The van der Waals surface area contributed by atoms with Crippen LogP contribution in [0.5, 0.6) is 0 Å². The van der Waals surface area contributed by atoms with Crippen molar-refractivity contribution in [2.24, 2.45) is 0 Å². The molecule has 0 saturated heterocycles. The average molecular weight is 394 g/mol. The number of allylic oxidation sites excluding steroid dienone is 1. The average Bonchev–Trinajstić information content (AvgIpc) is 2.74. The number of ether oxygens (including phenoxy) is 1. The summed E-state index contributed by atoms with van der Waals surface area (Å²) in [6, 6.07) is 8.31. The Balaban J connectivity index is 1.68. The van der Waals surface area contributed by atoms with Gasteiger partial charge in [0.05, 0.1) is 18.4 Å². The third-order valence-corrected chi connectivity index (χ3v) is 4.78. The molecular weight excluding hydrogens is 368 g/mol. The van der Waals surface area contributed by atoms with Crippen LogP contribution in [-0.4, -0.2) is 35.5 Å². The minimum absolute atomic E-state index is 0.233. The van der Waals surface area contributed by atoms with Gasteiger partial charge in [-0.3, -0.25) is 4.79 Å². The number of aryl methyl sites for hydroxylation is 1. The molecule has 0 spiro atoms. The molecule has 1 amide bonds. The molecule has 0 unspecified atom stereocenters. The van der Waals surface area contributed by atoms with Gasteiger partial charge in [0.1, 0.15) is 5.69 Å². The van der Waals surface area contributed by atoms with Crippen LogP contribution in [0.25, 0.3) is 0 Å². The Labute approximate surface area is 170 Å². The van der Waals surface area contributed by atoms with Gasteiger partial charge < -0.3 is 15.4 Å². The van der Waals surface area contributed by atoms with E-state index in [1.165, 1.54) is 25.5 Å². The van der Waals surface area contributed by atoms with E-state index in [0.717, 1.165) is 25.8 Å². The van der Waals surface area contributed by atoms with Crippen LogP contribution in [-0.2, 0) is 4.74 Å². The zero-order valence-corrected chi connectivity index (χ0v) is 16.8. The lowest BCUT2D eigenvalue weighted by molar-refractivity contribution is 0.0602. The molecular formula is C22H26N4O3. The van der Waals surface area contributed by atoms with Crippen molar-refractivity contribution in [3.8, 4) is 0 Å².